The Bertz CT molecular complexity index is 653. The van der Waals surface area contributed by atoms with Gasteiger partial charge in [-0.05, 0) is 31.9 Å². The number of rotatable bonds is 6. The number of carbonyl (C=O) groups is 1. The molecule has 0 spiro atoms. The number of nitrogens with two attached hydrogens (primary N) is 1. The van der Waals surface area contributed by atoms with Gasteiger partial charge in [0.05, 0.1) is 0 Å². The zero-order valence-electron chi connectivity index (χ0n) is 13.2. The van der Waals surface area contributed by atoms with Crippen molar-refractivity contribution in [3.05, 3.63) is 70.7 Å². The summed E-state index contributed by atoms with van der Waals surface area (Å²) in [5.74, 6) is 0.0968. The molecule has 0 heterocycles. The molecule has 3 N–H and O–H groups in total. The third-order valence-electron chi connectivity index (χ3n) is 4.24. The molecule has 1 aliphatic carbocycles. The smallest absolute Gasteiger partial charge is 0.283 e. The second kappa shape index (κ2) is 7.16. The molecule has 1 fully saturated rings. The third kappa shape index (κ3) is 4.34. The maximum Gasteiger partial charge on any atom is 0.283 e. The summed E-state index contributed by atoms with van der Waals surface area (Å²) in [5.41, 5.74) is 2.20. The number of nitrogens with one attached hydrogen (secondary N) is 1. The molecule has 0 aliphatic heterocycles. The molecule has 120 valence electrons. The summed E-state index contributed by atoms with van der Waals surface area (Å²) in [6.07, 6.45) is 2.19. The summed E-state index contributed by atoms with van der Waals surface area (Å²) < 4.78 is 0. The van der Waals surface area contributed by atoms with Crippen LogP contribution in [0.1, 0.15) is 43.0 Å². The van der Waals surface area contributed by atoms with E-state index >= 15 is 0 Å². The van der Waals surface area contributed by atoms with E-state index in [0.717, 1.165) is 29.0 Å². The molecule has 0 unspecified atom stereocenters. The van der Waals surface area contributed by atoms with Crippen LogP contribution in [0.4, 0.5) is 0 Å². The van der Waals surface area contributed by atoms with Crippen molar-refractivity contribution in [1.29, 1.82) is 0 Å². The topological polar surface area (TPSA) is 45.7 Å². The van der Waals surface area contributed by atoms with Crippen molar-refractivity contribution in [2.75, 3.05) is 0 Å². The van der Waals surface area contributed by atoms with Crippen molar-refractivity contribution >= 4 is 17.5 Å². The number of hydrogen-bond donors (Lipinski definition) is 2. The molecule has 2 aromatic carbocycles. The fourth-order valence-corrected chi connectivity index (χ4v) is 2.82. The SMILES string of the molecule is C[C@@H]([NH2+][C@@H](C(=O)NC1CC1)c1ccccc1)c1ccc(Cl)cc1. The van der Waals surface area contributed by atoms with Gasteiger partial charge >= 0.3 is 0 Å². The number of quaternary nitrogens is 1. The van der Waals surface area contributed by atoms with Gasteiger partial charge in [0.1, 0.15) is 6.04 Å². The van der Waals surface area contributed by atoms with Gasteiger partial charge in [-0.2, -0.15) is 0 Å². The molecule has 1 saturated carbocycles. The highest BCUT2D eigenvalue weighted by atomic mass is 35.5. The van der Waals surface area contributed by atoms with E-state index in [-0.39, 0.29) is 18.0 Å². The minimum absolute atomic E-state index is 0.0968. The van der Waals surface area contributed by atoms with E-state index in [0.29, 0.717) is 6.04 Å². The van der Waals surface area contributed by atoms with Crippen LogP contribution in [-0.2, 0) is 4.79 Å². The summed E-state index contributed by atoms with van der Waals surface area (Å²) >= 11 is 5.96. The Morgan fingerprint density at radius 3 is 2.35 bits per heavy atom. The monoisotopic (exact) mass is 329 g/mol. The van der Waals surface area contributed by atoms with Crippen LogP contribution in [0.3, 0.4) is 0 Å². The maximum absolute atomic E-state index is 12.7. The van der Waals surface area contributed by atoms with Crippen molar-refractivity contribution in [2.24, 2.45) is 0 Å². The molecule has 1 aliphatic rings. The van der Waals surface area contributed by atoms with Crippen molar-refractivity contribution in [2.45, 2.75) is 37.9 Å². The van der Waals surface area contributed by atoms with Crippen LogP contribution in [0.25, 0.3) is 0 Å². The van der Waals surface area contributed by atoms with Crippen LogP contribution in [0.15, 0.2) is 54.6 Å². The summed E-state index contributed by atoms with van der Waals surface area (Å²) in [6, 6.07) is 18.1. The fourth-order valence-electron chi connectivity index (χ4n) is 2.70. The molecular formula is C19H22ClN2O+. The molecule has 23 heavy (non-hydrogen) atoms. The highest BCUT2D eigenvalue weighted by molar-refractivity contribution is 6.30. The van der Waals surface area contributed by atoms with Gasteiger partial charge in [-0.3, -0.25) is 4.79 Å². The van der Waals surface area contributed by atoms with Gasteiger partial charge in [-0.15, -0.1) is 0 Å². The standard InChI is InChI=1S/C19H21ClN2O/c1-13(14-7-9-16(20)10-8-14)21-18(15-5-3-2-4-6-15)19(23)22-17-11-12-17/h2-10,13,17-18,21H,11-12H2,1H3,(H,22,23)/p+1/t13-,18-/m1/s1. The van der Waals surface area contributed by atoms with Gasteiger partial charge in [0.2, 0.25) is 0 Å². The second-order valence-corrected chi connectivity index (χ2v) is 6.64. The van der Waals surface area contributed by atoms with Crippen molar-refractivity contribution in [1.82, 2.24) is 5.32 Å². The van der Waals surface area contributed by atoms with Crippen molar-refractivity contribution in [3.8, 4) is 0 Å². The number of benzene rings is 2. The first-order valence-electron chi connectivity index (χ1n) is 8.09. The van der Waals surface area contributed by atoms with E-state index in [9.17, 15) is 4.79 Å². The minimum atomic E-state index is -0.234. The van der Waals surface area contributed by atoms with Gasteiger partial charge in [0.15, 0.2) is 6.04 Å². The molecule has 3 rings (SSSR count). The highest BCUT2D eigenvalue weighted by Crippen LogP contribution is 2.21. The molecule has 4 heteroatoms. The summed E-state index contributed by atoms with van der Waals surface area (Å²) in [7, 11) is 0. The van der Waals surface area contributed by atoms with Crippen LogP contribution in [0, 0.1) is 0 Å². The lowest BCUT2D eigenvalue weighted by molar-refractivity contribution is -0.719. The molecule has 0 aromatic heterocycles. The summed E-state index contributed by atoms with van der Waals surface area (Å²) in [6.45, 7) is 2.11. The van der Waals surface area contributed by atoms with Crippen LogP contribution >= 0.6 is 11.6 Å². The van der Waals surface area contributed by atoms with Gasteiger partial charge in [0, 0.05) is 22.2 Å². The van der Waals surface area contributed by atoms with E-state index in [4.69, 9.17) is 11.6 Å². The van der Waals surface area contributed by atoms with Gasteiger partial charge < -0.3 is 10.6 Å². The average Bonchev–Trinajstić information content (AvgIpc) is 3.37. The first-order valence-corrected chi connectivity index (χ1v) is 8.47. The quantitative estimate of drug-likeness (QED) is 0.841. The Labute approximate surface area is 142 Å². The van der Waals surface area contributed by atoms with Crippen molar-refractivity contribution < 1.29 is 10.1 Å². The van der Waals surface area contributed by atoms with E-state index in [2.05, 4.69) is 17.6 Å². The average molecular weight is 330 g/mol. The zero-order valence-corrected chi connectivity index (χ0v) is 14.0. The first kappa shape index (κ1) is 16.0. The Morgan fingerprint density at radius 1 is 1.09 bits per heavy atom. The van der Waals surface area contributed by atoms with Gasteiger partial charge in [0.25, 0.3) is 5.91 Å². The Hall–Kier alpha value is -1.84. The third-order valence-corrected chi connectivity index (χ3v) is 4.49. The van der Waals surface area contributed by atoms with Crippen LogP contribution < -0.4 is 10.6 Å². The lowest BCUT2D eigenvalue weighted by Gasteiger charge is -2.20. The van der Waals surface area contributed by atoms with Crippen LogP contribution in [0.5, 0.6) is 0 Å². The zero-order chi connectivity index (χ0) is 16.2. The first-order chi connectivity index (χ1) is 11.1. The molecule has 2 aromatic rings. The molecule has 3 nitrogen and oxygen atoms in total. The Morgan fingerprint density at radius 2 is 1.74 bits per heavy atom. The number of amides is 1. The number of hydrogen-bond acceptors (Lipinski definition) is 1. The van der Waals surface area contributed by atoms with Gasteiger partial charge in [-0.25, -0.2) is 0 Å². The molecule has 0 bridgehead atoms. The van der Waals surface area contributed by atoms with Crippen molar-refractivity contribution in [3.63, 3.8) is 0 Å². The molecule has 0 saturated heterocycles. The molecule has 0 radical (unpaired) electrons. The van der Waals surface area contributed by atoms with Gasteiger partial charge in [-0.1, -0.05) is 54.1 Å². The number of halogens is 1. The lowest BCUT2D eigenvalue weighted by Crippen LogP contribution is -2.88. The lowest BCUT2D eigenvalue weighted by atomic mass is 10.0. The maximum atomic E-state index is 12.7. The predicted molar refractivity (Wildman–Crippen MR) is 92.1 cm³/mol. The van der Waals surface area contributed by atoms with E-state index in [1.54, 1.807) is 0 Å². The Balaban J connectivity index is 1.77. The largest absolute Gasteiger partial charge is 0.348 e. The second-order valence-electron chi connectivity index (χ2n) is 6.20. The summed E-state index contributed by atoms with van der Waals surface area (Å²) in [4.78, 5) is 12.7. The van der Waals surface area contributed by atoms with E-state index in [1.807, 2.05) is 54.6 Å². The normalized spacial score (nSPS) is 16.6. The molecule has 1 amide bonds. The van der Waals surface area contributed by atoms with E-state index in [1.165, 1.54) is 0 Å². The molecular weight excluding hydrogens is 308 g/mol. The highest BCUT2D eigenvalue weighted by Gasteiger charge is 2.31. The van der Waals surface area contributed by atoms with Crippen LogP contribution in [0.2, 0.25) is 5.02 Å². The number of carbonyl (C=O) groups excluding carboxylic acids is 1. The van der Waals surface area contributed by atoms with E-state index < -0.39 is 0 Å². The predicted octanol–water partition coefficient (Wildman–Crippen LogP) is 2.98. The van der Waals surface area contributed by atoms with Crippen LogP contribution in [-0.4, -0.2) is 11.9 Å². The molecule has 2 atom stereocenters. The minimum Gasteiger partial charge on any atom is -0.348 e. The fraction of sp³-hybridized carbons (Fsp3) is 0.316. The summed E-state index contributed by atoms with van der Waals surface area (Å²) in [5, 5.41) is 5.98. The Kier molecular flexibility index (Phi) is 4.99.